The highest BCUT2D eigenvalue weighted by Gasteiger charge is 2.11. The van der Waals surface area contributed by atoms with E-state index < -0.39 is 0 Å². The van der Waals surface area contributed by atoms with Crippen molar-refractivity contribution < 1.29 is 0 Å². The number of nitrogens with zero attached hydrogens (tertiary/aromatic N) is 3. The van der Waals surface area contributed by atoms with Crippen molar-refractivity contribution in [1.82, 2.24) is 4.90 Å². The quantitative estimate of drug-likeness (QED) is 0.256. The lowest BCUT2D eigenvalue weighted by Gasteiger charge is -2.26. The first-order valence-corrected chi connectivity index (χ1v) is 4.20. The van der Waals surface area contributed by atoms with Gasteiger partial charge >= 0.3 is 0 Å². The van der Waals surface area contributed by atoms with Gasteiger partial charge in [-0.05, 0) is 19.3 Å². The van der Waals surface area contributed by atoms with E-state index in [-0.39, 0.29) is 0 Å². The number of piperidine rings is 1. The van der Waals surface area contributed by atoms with Gasteiger partial charge in [0.1, 0.15) is 0 Å². The first kappa shape index (κ1) is 8.41. The molecule has 3 nitrogen and oxygen atoms in total. The first-order chi connectivity index (χ1) is 5.34. The van der Waals surface area contributed by atoms with Gasteiger partial charge in [0, 0.05) is 13.1 Å². The molecule has 0 aliphatic carbocycles. The maximum Gasteiger partial charge on any atom is 0.208 e. The molecule has 0 aromatic heterocycles. The number of likely N-dealkylation sites (tertiary alicyclic amines) is 1. The van der Waals surface area contributed by atoms with Gasteiger partial charge < -0.3 is 4.90 Å². The van der Waals surface area contributed by atoms with E-state index in [1.165, 1.54) is 19.3 Å². The van der Waals surface area contributed by atoms with Crippen molar-refractivity contribution in [2.75, 3.05) is 13.1 Å². The number of hydrogen-bond acceptors (Lipinski definition) is 2. The Bertz CT molecular complexity index is 188. The second-order valence-electron chi connectivity index (χ2n) is 2.56. The molecule has 60 valence electrons. The zero-order valence-electron chi connectivity index (χ0n) is 6.32. The van der Waals surface area contributed by atoms with E-state index in [0.29, 0.717) is 5.17 Å². The van der Waals surface area contributed by atoms with Crippen LogP contribution in [0, 0.1) is 11.5 Å². The molecule has 0 bridgehead atoms. The van der Waals surface area contributed by atoms with Crippen molar-refractivity contribution in [2.45, 2.75) is 19.3 Å². The van der Waals surface area contributed by atoms with E-state index in [1.54, 1.807) is 6.19 Å². The van der Waals surface area contributed by atoms with E-state index >= 15 is 0 Å². The molecule has 1 aliphatic heterocycles. The van der Waals surface area contributed by atoms with Crippen LogP contribution in [0.4, 0.5) is 0 Å². The molecule has 1 fully saturated rings. The number of amidine groups is 1. The lowest BCUT2D eigenvalue weighted by molar-refractivity contribution is 0.348. The first-order valence-electron chi connectivity index (χ1n) is 3.75. The molecule has 0 saturated carbocycles. The summed E-state index contributed by atoms with van der Waals surface area (Å²) in [6.07, 6.45) is 5.39. The highest BCUT2D eigenvalue weighted by Crippen LogP contribution is 2.10. The van der Waals surface area contributed by atoms with Gasteiger partial charge in [-0.3, -0.25) is 0 Å². The smallest absolute Gasteiger partial charge is 0.208 e. The summed E-state index contributed by atoms with van der Waals surface area (Å²) in [5, 5.41) is 8.82. The van der Waals surface area contributed by atoms with Crippen LogP contribution in [0.5, 0.6) is 0 Å². The predicted octanol–water partition coefficient (Wildman–Crippen LogP) is 1.24. The molecular formula is C7H11N3S. The standard InChI is InChI=1S/C7H11N3S/c8-6-9-7(11)10-4-2-1-3-5-10/h1-5H2,(H,9,11). The molecule has 0 radical (unpaired) electrons. The maximum absolute atomic E-state index is 8.25. The lowest BCUT2D eigenvalue weighted by Crippen LogP contribution is -2.32. The molecule has 0 aromatic carbocycles. The summed E-state index contributed by atoms with van der Waals surface area (Å²) in [7, 11) is 0. The molecule has 11 heavy (non-hydrogen) atoms. The van der Waals surface area contributed by atoms with Crippen LogP contribution in [0.3, 0.4) is 0 Å². The average molecular weight is 169 g/mol. The molecule has 1 aliphatic rings. The number of aliphatic imine (C=N–C) groups is 1. The minimum absolute atomic E-state index is 0.562. The Hall–Kier alpha value is -0.690. The van der Waals surface area contributed by atoms with Crippen molar-refractivity contribution in [3.05, 3.63) is 0 Å². The fourth-order valence-corrected chi connectivity index (χ4v) is 1.45. The second-order valence-corrected chi connectivity index (χ2v) is 2.96. The van der Waals surface area contributed by atoms with Gasteiger partial charge in [-0.25, -0.2) is 0 Å². The van der Waals surface area contributed by atoms with E-state index in [0.717, 1.165) is 13.1 Å². The Labute approximate surface area is 72.1 Å². The van der Waals surface area contributed by atoms with Crippen LogP contribution in [0.2, 0.25) is 0 Å². The summed E-state index contributed by atoms with van der Waals surface area (Å²) >= 11 is 4.11. The number of hydrogen-bond donors (Lipinski definition) is 1. The van der Waals surface area contributed by atoms with Gasteiger partial charge in [0.2, 0.25) is 6.19 Å². The monoisotopic (exact) mass is 169 g/mol. The summed E-state index contributed by atoms with van der Waals surface area (Å²) in [6, 6.07) is 0. The third-order valence-corrected chi connectivity index (χ3v) is 2.17. The van der Waals surface area contributed by atoms with Crippen molar-refractivity contribution in [3.8, 4) is 6.19 Å². The topological polar surface area (TPSA) is 39.4 Å². The third-order valence-electron chi connectivity index (χ3n) is 1.79. The van der Waals surface area contributed by atoms with E-state index in [4.69, 9.17) is 5.26 Å². The Balaban J connectivity index is 2.46. The molecule has 0 atom stereocenters. The summed E-state index contributed by atoms with van der Waals surface area (Å²) in [5.41, 5.74) is 0. The van der Waals surface area contributed by atoms with Gasteiger partial charge in [-0.15, -0.1) is 17.6 Å². The Morgan fingerprint density at radius 1 is 1.36 bits per heavy atom. The van der Waals surface area contributed by atoms with E-state index in [9.17, 15) is 0 Å². The maximum atomic E-state index is 8.25. The summed E-state index contributed by atoms with van der Waals surface area (Å²) in [4.78, 5) is 5.60. The van der Waals surface area contributed by atoms with Gasteiger partial charge in [0.25, 0.3) is 0 Å². The van der Waals surface area contributed by atoms with Crippen LogP contribution in [0.1, 0.15) is 19.3 Å². The number of nitriles is 1. The fraction of sp³-hybridized carbons (Fsp3) is 0.714. The van der Waals surface area contributed by atoms with Crippen molar-refractivity contribution in [2.24, 2.45) is 4.99 Å². The van der Waals surface area contributed by atoms with Crippen molar-refractivity contribution >= 4 is 17.8 Å². The van der Waals surface area contributed by atoms with Crippen LogP contribution >= 0.6 is 12.6 Å². The van der Waals surface area contributed by atoms with Gasteiger partial charge in [0.05, 0.1) is 0 Å². The lowest BCUT2D eigenvalue weighted by atomic mass is 10.1. The molecule has 0 amide bonds. The molecule has 0 aromatic rings. The van der Waals surface area contributed by atoms with E-state index in [2.05, 4.69) is 17.6 Å². The van der Waals surface area contributed by atoms with Crippen LogP contribution in [-0.4, -0.2) is 23.2 Å². The number of rotatable bonds is 0. The summed E-state index contributed by atoms with van der Waals surface area (Å²) in [5.74, 6) is 0. The largest absolute Gasteiger partial charge is 0.351 e. The van der Waals surface area contributed by atoms with Gasteiger partial charge in [0.15, 0.2) is 5.17 Å². The highest BCUT2D eigenvalue weighted by atomic mass is 32.1. The fourth-order valence-electron chi connectivity index (χ4n) is 1.21. The Morgan fingerprint density at radius 2 is 2.00 bits per heavy atom. The van der Waals surface area contributed by atoms with E-state index in [1.807, 2.05) is 4.90 Å². The second kappa shape index (κ2) is 4.24. The van der Waals surface area contributed by atoms with Gasteiger partial charge in [-0.2, -0.15) is 5.26 Å². The Morgan fingerprint density at radius 3 is 2.55 bits per heavy atom. The van der Waals surface area contributed by atoms with Crippen LogP contribution < -0.4 is 0 Å². The third kappa shape index (κ3) is 2.43. The minimum Gasteiger partial charge on any atom is -0.351 e. The molecule has 1 saturated heterocycles. The SMILES string of the molecule is N#C/N=C(\S)N1CCCCC1. The normalized spacial score (nSPS) is 19.6. The zero-order valence-corrected chi connectivity index (χ0v) is 7.22. The average Bonchev–Trinajstić information content (AvgIpc) is 2.07. The molecule has 0 N–H and O–H groups in total. The van der Waals surface area contributed by atoms with Crippen LogP contribution in [0.25, 0.3) is 0 Å². The number of thiol groups is 1. The molecule has 1 heterocycles. The minimum atomic E-state index is 0.562. The predicted molar refractivity (Wildman–Crippen MR) is 47.5 cm³/mol. The zero-order chi connectivity index (χ0) is 8.10. The molecule has 0 unspecified atom stereocenters. The van der Waals surface area contributed by atoms with Crippen molar-refractivity contribution in [1.29, 1.82) is 5.26 Å². The van der Waals surface area contributed by atoms with Crippen molar-refractivity contribution in [3.63, 3.8) is 0 Å². The molecule has 0 spiro atoms. The van der Waals surface area contributed by atoms with Crippen LogP contribution in [-0.2, 0) is 0 Å². The Kier molecular flexibility index (Phi) is 3.24. The molecule has 1 rings (SSSR count). The summed E-state index contributed by atoms with van der Waals surface area (Å²) < 4.78 is 0. The summed E-state index contributed by atoms with van der Waals surface area (Å²) in [6.45, 7) is 1.98. The van der Waals surface area contributed by atoms with Crippen LogP contribution in [0.15, 0.2) is 4.99 Å². The molecule has 4 heteroatoms. The highest BCUT2D eigenvalue weighted by molar-refractivity contribution is 7.96. The van der Waals surface area contributed by atoms with Gasteiger partial charge in [-0.1, -0.05) is 0 Å². The molecular weight excluding hydrogens is 158 g/mol.